The van der Waals surface area contributed by atoms with Gasteiger partial charge in [0.1, 0.15) is 6.54 Å². The Morgan fingerprint density at radius 3 is 2.13 bits per heavy atom. The van der Waals surface area contributed by atoms with E-state index in [9.17, 15) is 9.59 Å². The van der Waals surface area contributed by atoms with Gasteiger partial charge in [-0.1, -0.05) is 47.5 Å². The molecule has 0 unspecified atom stereocenters. The molecule has 0 aliphatic carbocycles. The molecule has 0 aliphatic heterocycles. The lowest BCUT2D eigenvalue weighted by molar-refractivity contribution is -0.870. The number of aliphatic carboxylic acids is 1. The van der Waals surface area contributed by atoms with E-state index in [1.807, 2.05) is 0 Å². The number of carbonyl (C=O) groups excluding carboxylic acids is 1. The Bertz CT molecular complexity index is 833. The predicted octanol–water partition coefficient (Wildman–Crippen LogP) is 3.59. The minimum atomic E-state index is -1.20. The first-order valence-corrected chi connectivity index (χ1v) is 9.86. The van der Waals surface area contributed by atoms with Crippen LogP contribution in [-0.2, 0) is 20.7 Å². The second kappa shape index (κ2) is 12.4. The van der Waals surface area contributed by atoms with E-state index in [-0.39, 0.29) is 13.0 Å². The van der Waals surface area contributed by atoms with Crippen LogP contribution in [0.4, 0.5) is 11.4 Å². The van der Waals surface area contributed by atoms with E-state index in [4.69, 9.17) is 33.4 Å². The number of ether oxygens (including phenoxy) is 1. The number of para-hydroxylation sites is 2. The Hall–Kier alpha value is -2.32. The number of likely N-dealkylation sites (N-methyl/N-ethyl adjacent to an activating group) is 1. The van der Waals surface area contributed by atoms with Gasteiger partial charge < -0.3 is 24.7 Å². The summed E-state index contributed by atoms with van der Waals surface area (Å²) in [6, 6.07) is 12.2. The lowest BCUT2D eigenvalue weighted by atomic mass is 10.1. The van der Waals surface area contributed by atoms with E-state index in [2.05, 4.69) is 31.2 Å². The van der Waals surface area contributed by atoms with Crippen LogP contribution in [0.5, 0.6) is 0 Å². The fraction of sp³-hybridized carbons (Fsp3) is 0.333. The summed E-state index contributed by atoms with van der Waals surface area (Å²) < 4.78 is 5.49. The predicted molar refractivity (Wildman–Crippen MR) is 118 cm³/mol. The highest BCUT2D eigenvalue weighted by molar-refractivity contribution is 6.39. The van der Waals surface area contributed by atoms with Crippen LogP contribution in [0.15, 0.2) is 42.5 Å². The average molecular weight is 458 g/mol. The number of anilines is 2. The maximum atomic E-state index is 11.7. The lowest BCUT2D eigenvalue weighted by Gasteiger charge is -2.21. The van der Waals surface area contributed by atoms with Crippen molar-refractivity contribution in [3.63, 3.8) is 0 Å². The molecule has 2 rings (SSSR count). The van der Waals surface area contributed by atoms with Gasteiger partial charge in [0.25, 0.3) is 0 Å². The zero-order valence-corrected chi connectivity index (χ0v) is 18.7. The van der Waals surface area contributed by atoms with Crippen molar-refractivity contribution in [2.24, 2.45) is 0 Å². The summed E-state index contributed by atoms with van der Waals surface area (Å²) in [5.74, 6) is -1.83. The Kier molecular flexibility index (Phi) is 10.6. The van der Waals surface area contributed by atoms with Crippen LogP contribution in [-0.4, -0.2) is 67.5 Å². The Morgan fingerprint density at radius 1 is 1.03 bits per heavy atom. The Morgan fingerprint density at radius 2 is 1.63 bits per heavy atom. The van der Waals surface area contributed by atoms with Gasteiger partial charge >= 0.3 is 11.9 Å². The first kappa shape index (κ1) is 25.7. The number of nitrogens with one attached hydrogen (secondary N) is 1. The third-order valence-electron chi connectivity index (χ3n) is 3.70. The second-order valence-corrected chi connectivity index (χ2v) is 8.16. The molecule has 30 heavy (non-hydrogen) atoms. The van der Waals surface area contributed by atoms with Crippen LogP contribution in [0, 0.1) is 0 Å². The number of aliphatic hydroxyl groups excluding tert-OH is 1. The minimum absolute atomic E-state index is 0.0709. The molecule has 3 N–H and O–H groups in total. The third kappa shape index (κ3) is 9.93. The molecule has 0 atom stereocenters. The van der Waals surface area contributed by atoms with Gasteiger partial charge in [0.05, 0.1) is 49.9 Å². The molecule has 0 saturated carbocycles. The van der Waals surface area contributed by atoms with E-state index in [0.717, 1.165) is 11.0 Å². The van der Waals surface area contributed by atoms with Crippen molar-refractivity contribution in [2.75, 3.05) is 46.2 Å². The van der Waals surface area contributed by atoms with Gasteiger partial charge in [-0.25, -0.2) is 4.79 Å². The van der Waals surface area contributed by atoms with Gasteiger partial charge in [-0.2, -0.15) is 0 Å². The highest BCUT2D eigenvalue weighted by Crippen LogP contribution is 2.33. The number of carbonyl (C=O) groups is 2. The monoisotopic (exact) mass is 457 g/mol. The molecule has 2 aromatic rings. The lowest BCUT2D eigenvalue weighted by Crippen LogP contribution is -2.36. The molecular weight excluding hydrogens is 431 g/mol. The Balaban J connectivity index is 0.000000553. The molecule has 0 saturated heterocycles. The molecule has 0 radical (unpaired) electrons. The highest BCUT2D eigenvalue weighted by atomic mass is 35.5. The zero-order valence-electron chi connectivity index (χ0n) is 17.2. The quantitative estimate of drug-likeness (QED) is 0.414. The van der Waals surface area contributed by atoms with E-state index in [1.165, 1.54) is 0 Å². The molecular formula is C21H27Cl2N2O5+. The molecule has 0 aromatic heterocycles. The SMILES string of the molecule is C[N+](C)(C)CCO.O=C(O)COC(=O)Cc1ccccc1Nc1c(Cl)cccc1Cl. The molecule has 7 nitrogen and oxygen atoms in total. The van der Waals surface area contributed by atoms with Crippen LogP contribution in [0.2, 0.25) is 10.0 Å². The number of quaternary nitrogens is 1. The standard InChI is InChI=1S/C16H13Cl2NO4.C5H14NO/c17-11-5-3-6-12(18)16(11)19-13-7-2-1-4-10(13)8-15(22)23-9-14(20)21;1-6(2,3)4-5-7/h1-7,19H,8-9H2,(H,20,21);7H,4-5H2,1-3H3/q;+1. The number of nitrogens with zero attached hydrogens (tertiary/aromatic N) is 1. The molecule has 164 valence electrons. The number of benzene rings is 2. The molecule has 2 aromatic carbocycles. The van der Waals surface area contributed by atoms with Gasteiger partial charge in [0, 0.05) is 5.69 Å². The fourth-order valence-corrected chi connectivity index (χ4v) is 2.69. The number of aliphatic hydroxyl groups is 1. The van der Waals surface area contributed by atoms with E-state index < -0.39 is 18.5 Å². The fourth-order valence-electron chi connectivity index (χ4n) is 2.20. The van der Waals surface area contributed by atoms with Crippen LogP contribution < -0.4 is 5.32 Å². The van der Waals surface area contributed by atoms with Gasteiger partial charge in [-0.15, -0.1) is 0 Å². The second-order valence-electron chi connectivity index (χ2n) is 7.35. The van der Waals surface area contributed by atoms with Gasteiger partial charge in [0.2, 0.25) is 0 Å². The molecule has 0 amide bonds. The maximum Gasteiger partial charge on any atom is 0.341 e. The van der Waals surface area contributed by atoms with E-state index in [0.29, 0.717) is 27.0 Å². The van der Waals surface area contributed by atoms with Gasteiger partial charge in [-0.05, 0) is 23.8 Å². The molecule has 0 bridgehead atoms. The Labute approximate surface area is 186 Å². The number of carboxylic acids is 1. The van der Waals surface area contributed by atoms with Crippen molar-refractivity contribution in [3.05, 3.63) is 58.1 Å². The van der Waals surface area contributed by atoms with Crippen molar-refractivity contribution in [1.82, 2.24) is 0 Å². The summed E-state index contributed by atoms with van der Waals surface area (Å²) >= 11 is 12.2. The summed E-state index contributed by atoms with van der Waals surface area (Å²) in [6.45, 7) is 0.453. The largest absolute Gasteiger partial charge is 0.479 e. The smallest absolute Gasteiger partial charge is 0.341 e. The zero-order chi connectivity index (χ0) is 22.7. The number of esters is 1. The molecule has 0 fully saturated rings. The minimum Gasteiger partial charge on any atom is -0.479 e. The van der Waals surface area contributed by atoms with Gasteiger partial charge in [0.15, 0.2) is 6.61 Å². The van der Waals surface area contributed by atoms with Crippen LogP contribution in [0.1, 0.15) is 5.56 Å². The molecule has 0 aliphatic rings. The third-order valence-corrected chi connectivity index (χ3v) is 4.33. The average Bonchev–Trinajstić information content (AvgIpc) is 2.64. The van der Waals surface area contributed by atoms with Crippen molar-refractivity contribution >= 4 is 46.5 Å². The number of hydrogen-bond acceptors (Lipinski definition) is 5. The number of halogens is 2. The van der Waals surface area contributed by atoms with Crippen molar-refractivity contribution in [3.8, 4) is 0 Å². The van der Waals surface area contributed by atoms with Crippen molar-refractivity contribution in [1.29, 1.82) is 0 Å². The summed E-state index contributed by atoms with van der Waals surface area (Å²) in [4.78, 5) is 22.1. The summed E-state index contributed by atoms with van der Waals surface area (Å²) in [5, 5.41) is 20.9. The normalized spacial score (nSPS) is 10.6. The van der Waals surface area contributed by atoms with Crippen LogP contribution in [0.3, 0.4) is 0 Å². The van der Waals surface area contributed by atoms with Crippen molar-refractivity contribution in [2.45, 2.75) is 6.42 Å². The van der Waals surface area contributed by atoms with E-state index in [1.54, 1.807) is 42.5 Å². The van der Waals surface area contributed by atoms with E-state index >= 15 is 0 Å². The summed E-state index contributed by atoms with van der Waals surface area (Å²) in [5.41, 5.74) is 1.80. The van der Waals surface area contributed by atoms with Crippen LogP contribution in [0.25, 0.3) is 0 Å². The topological polar surface area (TPSA) is 95.9 Å². The number of hydrogen-bond donors (Lipinski definition) is 3. The first-order chi connectivity index (χ1) is 14.0. The molecule has 0 spiro atoms. The summed E-state index contributed by atoms with van der Waals surface area (Å²) in [6.07, 6.45) is -0.0709. The highest BCUT2D eigenvalue weighted by Gasteiger charge is 2.13. The van der Waals surface area contributed by atoms with Crippen LogP contribution >= 0.6 is 23.2 Å². The van der Waals surface area contributed by atoms with Gasteiger partial charge in [-0.3, -0.25) is 4.79 Å². The summed E-state index contributed by atoms with van der Waals surface area (Å²) in [7, 11) is 6.16. The number of carboxylic acid groups (broad SMARTS) is 1. The number of rotatable bonds is 8. The molecule has 9 heteroatoms. The first-order valence-electron chi connectivity index (χ1n) is 9.11. The van der Waals surface area contributed by atoms with Crippen molar-refractivity contribution < 1.29 is 29.0 Å². The maximum absolute atomic E-state index is 11.7. The molecule has 0 heterocycles.